The number of aromatic hydroxyl groups is 1. The Balaban J connectivity index is 1.64. The van der Waals surface area contributed by atoms with Crippen LogP contribution in [0.3, 0.4) is 0 Å². The highest BCUT2D eigenvalue weighted by atomic mass is 16.5. The van der Waals surface area contributed by atoms with Gasteiger partial charge in [-0.2, -0.15) is 0 Å². The molecule has 6 nitrogen and oxygen atoms in total. The molecule has 0 saturated heterocycles. The van der Waals surface area contributed by atoms with E-state index in [0.717, 1.165) is 5.56 Å². The lowest BCUT2D eigenvalue weighted by molar-refractivity contribution is 0.140. The second-order valence-corrected chi connectivity index (χ2v) is 4.31. The number of nitrogens with zero attached hydrogens (tertiary/aromatic N) is 2. The summed E-state index contributed by atoms with van der Waals surface area (Å²) in [6.45, 7) is 0.610. The maximum absolute atomic E-state index is 11.5. The second-order valence-electron chi connectivity index (χ2n) is 4.31. The van der Waals surface area contributed by atoms with Crippen LogP contribution in [0, 0.1) is 11.8 Å². The lowest BCUT2D eigenvalue weighted by Gasteiger charge is -2.05. The molecule has 0 bridgehead atoms. The van der Waals surface area contributed by atoms with E-state index >= 15 is 0 Å². The normalized spacial score (nSPS) is 9.45. The van der Waals surface area contributed by atoms with Crippen LogP contribution in [0.25, 0.3) is 0 Å². The van der Waals surface area contributed by atoms with E-state index in [-0.39, 0.29) is 12.4 Å². The van der Waals surface area contributed by atoms with Gasteiger partial charge in [-0.25, -0.2) is 14.8 Å². The molecule has 0 aliphatic heterocycles. The number of benzene rings is 1. The molecule has 0 unspecified atom stereocenters. The number of rotatable bonds is 4. The number of carbonyl (C=O) groups is 1. The lowest BCUT2D eigenvalue weighted by Crippen LogP contribution is -2.24. The quantitative estimate of drug-likeness (QED) is 0.664. The van der Waals surface area contributed by atoms with Crippen molar-refractivity contribution in [2.45, 2.75) is 13.0 Å². The van der Waals surface area contributed by atoms with Gasteiger partial charge < -0.3 is 15.2 Å². The lowest BCUT2D eigenvalue weighted by atomic mass is 10.2. The van der Waals surface area contributed by atoms with Gasteiger partial charge in [0.1, 0.15) is 6.61 Å². The fourth-order valence-corrected chi connectivity index (χ4v) is 1.53. The first-order chi connectivity index (χ1) is 10.7. The molecule has 2 N–H and O–H groups in total. The van der Waals surface area contributed by atoms with Crippen LogP contribution in [0.5, 0.6) is 5.75 Å². The summed E-state index contributed by atoms with van der Waals surface area (Å²) < 4.78 is 5.06. The Morgan fingerprint density at radius 1 is 1.23 bits per heavy atom. The minimum Gasteiger partial charge on any atom is -0.505 e. The molecule has 22 heavy (non-hydrogen) atoms. The van der Waals surface area contributed by atoms with Gasteiger partial charge in [0.25, 0.3) is 0 Å². The molecule has 2 aromatic rings. The Hall–Kier alpha value is -3.07. The fourth-order valence-electron chi connectivity index (χ4n) is 1.53. The van der Waals surface area contributed by atoms with E-state index in [0.29, 0.717) is 18.8 Å². The summed E-state index contributed by atoms with van der Waals surface area (Å²) in [5.74, 6) is 5.87. The fraction of sp³-hybridized carbons (Fsp3) is 0.188. The molecule has 0 aliphatic carbocycles. The maximum Gasteiger partial charge on any atom is 0.407 e. The average molecular weight is 297 g/mol. The van der Waals surface area contributed by atoms with Crippen molar-refractivity contribution >= 4 is 6.09 Å². The number of hydrogen-bond acceptors (Lipinski definition) is 5. The van der Waals surface area contributed by atoms with Gasteiger partial charge in [0, 0.05) is 13.0 Å². The summed E-state index contributed by atoms with van der Waals surface area (Å²) in [5, 5.41) is 11.6. The second kappa shape index (κ2) is 8.27. The minimum absolute atomic E-state index is 0.00613. The molecule has 1 amide bonds. The van der Waals surface area contributed by atoms with Crippen molar-refractivity contribution in [3.05, 3.63) is 54.1 Å². The van der Waals surface area contributed by atoms with Crippen molar-refractivity contribution in [3.8, 4) is 17.6 Å². The number of nitrogens with one attached hydrogen (secondary N) is 1. The van der Waals surface area contributed by atoms with Gasteiger partial charge in [-0.15, -0.1) is 0 Å². The first-order valence-electron chi connectivity index (χ1n) is 6.68. The highest BCUT2D eigenvalue weighted by Crippen LogP contribution is 2.01. The molecule has 1 aromatic heterocycles. The molecule has 0 aliphatic rings. The Labute approximate surface area is 128 Å². The predicted molar refractivity (Wildman–Crippen MR) is 79.8 cm³/mol. The first-order valence-corrected chi connectivity index (χ1v) is 6.68. The molecule has 0 fully saturated rings. The molecule has 6 heteroatoms. The summed E-state index contributed by atoms with van der Waals surface area (Å²) in [5.41, 5.74) is 0.932. The molecule has 0 atom stereocenters. The van der Waals surface area contributed by atoms with Crippen molar-refractivity contribution in [2.24, 2.45) is 0 Å². The predicted octanol–water partition coefficient (Wildman–Crippen LogP) is 1.85. The van der Waals surface area contributed by atoms with Crippen LogP contribution in [-0.4, -0.2) is 27.7 Å². The Morgan fingerprint density at radius 2 is 1.95 bits per heavy atom. The summed E-state index contributed by atoms with van der Waals surface area (Å²) >= 11 is 0. The van der Waals surface area contributed by atoms with Gasteiger partial charge in [-0.05, 0) is 11.5 Å². The molecule has 112 valence electrons. The summed E-state index contributed by atoms with van der Waals surface area (Å²) in [7, 11) is 0. The third kappa shape index (κ3) is 5.51. The summed E-state index contributed by atoms with van der Waals surface area (Å²) in [6.07, 6.45) is 2.52. The zero-order valence-corrected chi connectivity index (χ0v) is 11.8. The zero-order chi connectivity index (χ0) is 15.6. The number of aromatic nitrogens is 2. The Bertz CT molecular complexity index is 661. The highest BCUT2D eigenvalue weighted by Gasteiger charge is 2.00. The Morgan fingerprint density at radius 3 is 2.68 bits per heavy atom. The van der Waals surface area contributed by atoms with E-state index in [9.17, 15) is 4.79 Å². The minimum atomic E-state index is -0.480. The van der Waals surface area contributed by atoms with Crippen LogP contribution in [0.15, 0.2) is 42.7 Å². The van der Waals surface area contributed by atoms with E-state index < -0.39 is 6.09 Å². The molecule has 0 spiro atoms. The van der Waals surface area contributed by atoms with Crippen molar-refractivity contribution in [1.29, 1.82) is 0 Å². The third-order valence-corrected chi connectivity index (χ3v) is 2.57. The zero-order valence-electron chi connectivity index (χ0n) is 11.8. The summed E-state index contributed by atoms with van der Waals surface area (Å²) in [6, 6.07) is 9.45. The van der Waals surface area contributed by atoms with Crippen LogP contribution in [0.2, 0.25) is 0 Å². The van der Waals surface area contributed by atoms with E-state index in [1.54, 1.807) is 0 Å². The van der Waals surface area contributed by atoms with Gasteiger partial charge >= 0.3 is 6.09 Å². The van der Waals surface area contributed by atoms with E-state index in [1.165, 1.54) is 12.4 Å². The van der Waals surface area contributed by atoms with Crippen molar-refractivity contribution in [3.63, 3.8) is 0 Å². The van der Waals surface area contributed by atoms with E-state index in [1.807, 2.05) is 30.3 Å². The molecule has 1 aromatic carbocycles. The third-order valence-electron chi connectivity index (χ3n) is 2.57. The first kappa shape index (κ1) is 15.3. The smallest absolute Gasteiger partial charge is 0.407 e. The van der Waals surface area contributed by atoms with Crippen molar-refractivity contribution in [2.75, 3.05) is 6.54 Å². The molecule has 0 saturated carbocycles. The SMILES string of the molecule is O=C(NCCC#Cc1ncc(O)cn1)OCc1ccccc1. The van der Waals surface area contributed by atoms with Crippen LogP contribution in [0.1, 0.15) is 17.8 Å². The molecule has 2 rings (SSSR count). The molecular weight excluding hydrogens is 282 g/mol. The number of ether oxygens (including phenoxy) is 1. The van der Waals surface area contributed by atoms with Gasteiger partial charge in [-0.3, -0.25) is 0 Å². The number of carbonyl (C=O) groups excluding carboxylic acids is 1. The number of hydrogen-bond donors (Lipinski definition) is 2. The molecule has 0 radical (unpaired) electrons. The summed E-state index contributed by atoms with van der Waals surface area (Å²) in [4.78, 5) is 19.1. The van der Waals surface area contributed by atoms with Gasteiger partial charge in [-0.1, -0.05) is 36.3 Å². The van der Waals surface area contributed by atoms with E-state index in [4.69, 9.17) is 9.84 Å². The van der Waals surface area contributed by atoms with Crippen LogP contribution < -0.4 is 5.32 Å². The van der Waals surface area contributed by atoms with Crippen molar-refractivity contribution < 1.29 is 14.6 Å². The van der Waals surface area contributed by atoms with Crippen LogP contribution in [-0.2, 0) is 11.3 Å². The van der Waals surface area contributed by atoms with Gasteiger partial charge in [0.05, 0.1) is 12.4 Å². The van der Waals surface area contributed by atoms with E-state index in [2.05, 4.69) is 27.1 Å². The monoisotopic (exact) mass is 297 g/mol. The molecule has 1 heterocycles. The largest absolute Gasteiger partial charge is 0.505 e. The van der Waals surface area contributed by atoms with Gasteiger partial charge in [0.2, 0.25) is 5.82 Å². The maximum atomic E-state index is 11.5. The van der Waals surface area contributed by atoms with Crippen LogP contribution in [0.4, 0.5) is 4.79 Å². The average Bonchev–Trinajstić information content (AvgIpc) is 2.55. The Kier molecular flexibility index (Phi) is 5.76. The van der Waals surface area contributed by atoms with Crippen LogP contribution >= 0.6 is 0 Å². The van der Waals surface area contributed by atoms with Crippen molar-refractivity contribution in [1.82, 2.24) is 15.3 Å². The van der Waals surface area contributed by atoms with Gasteiger partial charge in [0.15, 0.2) is 5.75 Å². The topological polar surface area (TPSA) is 84.3 Å². The highest BCUT2D eigenvalue weighted by molar-refractivity contribution is 5.67. The number of amides is 1. The standard InChI is InChI=1S/C16H15N3O3/c20-14-10-18-15(19-11-14)8-4-5-9-17-16(21)22-12-13-6-2-1-3-7-13/h1-3,6-7,10-11,20H,5,9,12H2,(H,17,21). The molecular formula is C16H15N3O3. The number of alkyl carbamates (subject to hydrolysis) is 1.